The number of ether oxygens (including phenoxy) is 1. The predicted molar refractivity (Wildman–Crippen MR) is 126 cm³/mol. The maximum absolute atomic E-state index is 12.7. The minimum Gasteiger partial charge on any atom is -0.480 e. The maximum Gasteiger partial charge on any atom is 0.407 e. The molecule has 1 fully saturated rings. The van der Waals surface area contributed by atoms with Crippen molar-refractivity contribution in [1.29, 1.82) is 0 Å². The van der Waals surface area contributed by atoms with Crippen LogP contribution in [0.15, 0.2) is 53.9 Å². The normalized spacial score (nSPS) is 16.7. The number of carbonyl (C=O) groups is 3. The van der Waals surface area contributed by atoms with Gasteiger partial charge < -0.3 is 20.1 Å². The fraction of sp³-hybridized carbons (Fsp3) is 0.280. The van der Waals surface area contributed by atoms with Gasteiger partial charge in [-0.05, 0) is 35.1 Å². The molecule has 3 aromatic rings. The van der Waals surface area contributed by atoms with Crippen molar-refractivity contribution in [1.82, 2.24) is 15.2 Å². The van der Waals surface area contributed by atoms with E-state index >= 15 is 0 Å². The maximum atomic E-state index is 12.7. The van der Waals surface area contributed by atoms with Crippen LogP contribution in [-0.4, -0.2) is 52.2 Å². The number of thiazole rings is 1. The highest BCUT2D eigenvalue weighted by Crippen LogP contribution is 2.44. The Bertz CT molecular complexity index is 1210. The Kier molecular flexibility index (Phi) is 6.02. The fourth-order valence-electron chi connectivity index (χ4n) is 4.70. The van der Waals surface area contributed by atoms with Gasteiger partial charge in [0.1, 0.15) is 23.4 Å². The number of carboxylic acid groups (broad SMARTS) is 1. The van der Waals surface area contributed by atoms with Gasteiger partial charge in [0.25, 0.3) is 5.91 Å². The summed E-state index contributed by atoms with van der Waals surface area (Å²) in [5.41, 5.74) is 4.80. The number of nitrogens with one attached hydrogen (secondary N) is 1. The lowest BCUT2D eigenvalue weighted by Gasteiger charge is -2.20. The van der Waals surface area contributed by atoms with Gasteiger partial charge in [0.2, 0.25) is 0 Å². The number of carbonyl (C=O) groups excluding carboxylic acids is 2. The zero-order chi connectivity index (χ0) is 23.7. The molecule has 174 valence electrons. The summed E-state index contributed by atoms with van der Waals surface area (Å²) in [5.74, 6) is -1.42. The molecule has 8 nitrogen and oxygen atoms in total. The number of benzene rings is 2. The number of aliphatic carboxylic acids is 1. The van der Waals surface area contributed by atoms with Gasteiger partial charge in [-0.2, -0.15) is 0 Å². The van der Waals surface area contributed by atoms with E-state index in [0.29, 0.717) is 24.4 Å². The summed E-state index contributed by atoms with van der Waals surface area (Å²) in [5, 5.41) is 14.1. The zero-order valence-corrected chi connectivity index (χ0v) is 19.1. The molecular formula is C25H23N3O5S. The highest BCUT2D eigenvalue weighted by molar-refractivity contribution is 7.09. The SMILES string of the molecule is O=C(NCc1nc(C(=O)N2CCCC2C(=O)O)cs1)OCC1c2ccccc2-c2ccccc21. The molecule has 0 bridgehead atoms. The zero-order valence-electron chi connectivity index (χ0n) is 18.3. The lowest BCUT2D eigenvalue weighted by Crippen LogP contribution is -2.40. The summed E-state index contributed by atoms with van der Waals surface area (Å²) in [7, 11) is 0. The van der Waals surface area contributed by atoms with E-state index in [0.717, 1.165) is 22.3 Å². The van der Waals surface area contributed by atoms with E-state index < -0.39 is 24.0 Å². The highest BCUT2D eigenvalue weighted by atomic mass is 32.1. The summed E-state index contributed by atoms with van der Waals surface area (Å²) in [4.78, 5) is 42.0. The lowest BCUT2D eigenvalue weighted by molar-refractivity contribution is -0.141. The summed E-state index contributed by atoms with van der Waals surface area (Å²) >= 11 is 1.24. The third-order valence-electron chi connectivity index (χ3n) is 6.30. The third-order valence-corrected chi connectivity index (χ3v) is 7.15. The Morgan fingerprint density at radius 1 is 1.09 bits per heavy atom. The first-order valence-corrected chi connectivity index (χ1v) is 12.0. The molecule has 1 unspecified atom stereocenters. The van der Waals surface area contributed by atoms with Gasteiger partial charge in [0.15, 0.2) is 0 Å². The molecule has 2 heterocycles. The smallest absolute Gasteiger partial charge is 0.407 e. The highest BCUT2D eigenvalue weighted by Gasteiger charge is 2.35. The number of likely N-dealkylation sites (tertiary alicyclic amines) is 1. The van der Waals surface area contributed by atoms with E-state index in [4.69, 9.17) is 4.74 Å². The van der Waals surface area contributed by atoms with Crippen molar-refractivity contribution in [3.8, 4) is 11.1 Å². The van der Waals surface area contributed by atoms with Crippen LogP contribution in [0.4, 0.5) is 4.79 Å². The standard InChI is InChI=1S/C25H23N3O5S/c29-23(28-11-5-10-21(28)24(30)31)20-14-34-22(27-20)12-26-25(32)33-13-19-17-8-3-1-6-15(17)16-7-2-4-9-18(16)19/h1-4,6-9,14,19,21H,5,10-13H2,(H,26,32)(H,30,31). The number of rotatable bonds is 6. The molecule has 0 saturated carbocycles. The van der Waals surface area contributed by atoms with Gasteiger partial charge in [-0.15, -0.1) is 11.3 Å². The van der Waals surface area contributed by atoms with Crippen LogP contribution >= 0.6 is 11.3 Å². The van der Waals surface area contributed by atoms with Crippen LogP contribution in [0.1, 0.15) is 45.4 Å². The quantitative estimate of drug-likeness (QED) is 0.558. The summed E-state index contributed by atoms with van der Waals surface area (Å²) < 4.78 is 5.52. The van der Waals surface area contributed by atoms with E-state index in [1.807, 2.05) is 24.3 Å². The molecule has 0 spiro atoms. The Labute approximate surface area is 200 Å². The second-order valence-electron chi connectivity index (χ2n) is 8.30. The van der Waals surface area contributed by atoms with Crippen LogP contribution < -0.4 is 5.32 Å². The van der Waals surface area contributed by atoms with Crippen LogP contribution in [0.2, 0.25) is 0 Å². The van der Waals surface area contributed by atoms with Gasteiger partial charge >= 0.3 is 12.1 Å². The van der Waals surface area contributed by atoms with Crippen LogP contribution in [0.5, 0.6) is 0 Å². The van der Waals surface area contributed by atoms with Crippen molar-refractivity contribution in [2.75, 3.05) is 13.2 Å². The monoisotopic (exact) mass is 477 g/mol. The molecule has 1 aliphatic heterocycles. The number of carboxylic acids is 1. The van der Waals surface area contributed by atoms with Gasteiger partial charge in [0, 0.05) is 17.8 Å². The molecule has 2 amide bonds. The van der Waals surface area contributed by atoms with Gasteiger partial charge in [-0.25, -0.2) is 14.6 Å². The molecule has 1 saturated heterocycles. The fourth-order valence-corrected chi connectivity index (χ4v) is 5.41. The number of fused-ring (bicyclic) bond motifs is 3. The first-order chi connectivity index (χ1) is 16.5. The first-order valence-electron chi connectivity index (χ1n) is 11.1. The van der Waals surface area contributed by atoms with Crippen LogP contribution in [0.25, 0.3) is 11.1 Å². The molecule has 2 N–H and O–H groups in total. The van der Waals surface area contributed by atoms with E-state index in [1.165, 1.54) is 16.2 Å². The van der Waals surface area contributed by atoms with Gasteiger partial charge in [-0.1, -0.05) is 48.5 Å². The predicted octanol–water partition coefficient (Wildman–Crippen LogP) is 3.87. The number of nitrogens with zero attached hydrogens (tertiary/aromatic N) is 2. The Morgan fingerprint density at radius 2 is 1.76 bits per heavy atom. The number of alkyl carbamates (subject to hydrolysis) is 1. The van der Waals surface area contributed by atoms with E-state index in [1.54, 1.807) is 5.38 Å². The number of hydrogen-bond acceptors (Lipinski definition) is 6. The molecule has 2 aromatic carbocycles. The summed E-state index contributed by atoms with van der Waals surface area (Å²) in [6.45, 7) is 0.741. The molecule has 0 radical (unpaired) electrons. The largest absolute Gasteiger partial charge is 0.480 e. The molecule has 5 rings (SSSR count). The minimum absolute atomic E-state index is 0.0233. The lowest BCUT2D eigenvalue weighted by atomic mass is 9.98. The topological polar surface area (TPSA) is 109 Å². The van der Waals surface area contributed by atoms with Crippen LogP contribution in [-0.2, 0) is 16.1 Å². The molecule has 9 heteroatoms. The van der Waals surface area contributed by atoms with Crippen molar-refractivity contribution in [2.45, 2.75) is 31.3 Å². The van der Waals surface area contributed by atoms with Crippen LogP contribution in [0, 0.1) is 0 Å². The number of amides is 2. The van der Waals surface area contributed by atoms with E-state index in [-0.39, 0.29) is 24.8 Å². The van der Waals surface area contributed by atoms with Crippen molar-refractivity contribution < 1.29 is 24.2 Å². The third kappa shape index (κ3) is 4.14. The molecular weight excluding hydrogens is 454 g/mol. The van der Waals surface area contributed by atoms with Crippen molar-refractivity contribution in [3.63, 3.8) is 0 Å². The Balaban J connectivity index is 1.17. The average Bonchev–Trinajstić information content (AvgIpc) is 3.59. The Hall–Kier alpha value is -3.72. The number of aromatic nitrogens is 1. The second kappa shape index (κ2) is 9.26. The minimum atomic E-state index is -1.00. The first kappa shape index (κ1) is 22.1. The molecule has 1 atom stereocenters. The molecule has 2 aliphatic rings. The summed E-state index contributed by atoms with van der Waals surface area (Å²) in [6, 6.07) is 15.5. The van der Waals surface area contributed by atoms with Crippen molar-refractivity contribution >= 4 is 29.3 Å². The number of hydrogen-bond donors (Lipinski definition) is 2. The van der Waals surface area contributed by atoms with Gasteiger partial charge in [0.05, 0.1) is 6.54 Å². The van der Waals surface area contributed by atoms with E-state index in [2.05, 4.69) is 34.6 Å². The average molecular weight is 478 g/mol. The van der Waals surface area contributed by atoms with Crippen molar-refractivity contribution in [2.24, 2.45) is 0 Å². The molecule has 1 aliphatic carbocycles. The van der Waals surface area contributed by atoms with E-state index in [9.17, 15) is 19.5 Å². The molecule has 1 aromatic heterocycles. The second-order valence-corrected chi connectivity index (χ2v) is 9.24. The summed E-state index contributed by atoms with van der Waals surface area (Å²) in [6.07, 6.45) is 0.542. The Morgan fingerprint density at radius 3 is 2.44 bits per heavy atom. The van der Waals surface area contributed by atoms with Gasteiger partial charge in [-0.3, -0.25) is 4.79 Å². The molecule has 34 heavy (non-hydrogen) atoms. The van der Waals surface area contributed by atoms with Crippen LogP contribution in [0.3, 0.4) is 0 Å². The van der Waals surface area contributed by atoms with Crippen molar-refractivity contribution in [3.05, 3.63) is 75.7 Å².